The van der Waals surface area contributed by atoms with E-state index in [1.165, 1.54) is 11.1 Å². The number of fused-ring (bicyclic) bond motifs is 1. The summed E-state index contributed by atoms with van der Waals surface area (Å²) < 4.78 is 10.9. The number of hydrogen-bond acceptors (Lipinski definition) is 2. The highest BCUT2D eigenvalue weighted by molar-refractivity contribution is 5.50. The van der Waals surface area contributed by atoms with E-state index in [0.717, 1.165) is 30.9 Å². The molecule has 0 unspecified atom stereocenters. The van der Waals surface area contributed by atoms with Gasteiger partial charge in [-0.05, 0) is 31.4 Å². The van der Waals surface area contributed by atoms with E-state index in [2.05, 4.69) is 6.92 Å². The Morgan fingerprint density at radius 2 is 2.23 bits per heavy atom. The fourth-order valence-electron chi connectivity index (χ4n) is 1.81. The molecule has 1 aliphatic heterocycles. The van der Waals surface area contributed by atoms with Gasteiger partial charge in [-0.25, -0.2) is 0 Å². The highest BCUT2D eigenvalue weighted by Gasteiger charge is 2.16. The number of benzene rings is 1. The zero-order chi connectivity index (χ0) is 9.26. The van der Waals surface area contributed by atoms with Gasteiger partial charge in [0.2, 0.25) is 0 Å². The van der Waals surface area contributed by atoms with E-state index in [-0.39, 0.29) is 0 Å². The lowest BCUT2D eigenvalue weighted by molar-refractivity contribution is 0.282. The van der Waals surface area contributed by atoms with E-state index in [0.29, 0.717) is 0 Å². The minimum Gasteiger partial charge on any atom is -0.496 e. The number of hydrogen-bond donors (Lipinski definition) is 0. The van der Waals surface area contributed by atoms with Crippen LogP contribution in [0, 0.1) is 6.92 Å². The third-order valence-corrected chi connectivity index (χ3v) is 2.45. The minimum atomic E-state index is 0.833. The molecule has 0 bridgehead atoms. The Bertz CT molecular complexity index is 318. The van der Waals surface area contributed by atoms with Gasteiger partial charge >= 0.3 is 0 Å². The van der Waals surface area contributed by atoms with E-state index in [9.17, 15) is 0 Å². The number of aryl methyl sites for hydroxylation is 1. The van der Waals surface area contributed by atoms with Gasteiger partial charge < -0.3 is 9.47 Å². The van der Waals surface area contributed by atoms with Crippen LogP contribution in [0.2, 0.25) is 0 Å². The van der Waals surface area contributed by atoms with Crippen LogP contribution in [0.3, 0.4) is 0 Å². The summed E-state index contributed by atoms with van der Waals surface area (Å²) in [6.07, 6.45) is 2.16. The van der Waals surface area contributed by atoms with Crippen molar-refractivity contribution in [1.82, 2.24) is 0 Å². The Morgan fingerprint density at radius 3 is 3.00 bits per heavy atom. The standard InChI is InChI=1S/C11H14O2/c1-8-5-6-10-9(11(8)12-2)4-3-7-13-10/h5-6H,3-4,7H2,1-2H3. The largest absolute Gasteiger partial charge is 0.496 e. The maximum atomic E-state index is 5.54. The van der Waals surface area contributed by atoms with Gasteiger partial charge in [0.25, 0.3) is 0 Å². The molecular formula is C11H14O2. The van der Waals surface area contributed by atoms with Gasteiger partial charge in [0, 0.05) is 5.56 Å². The summed E-state index contributed by atoms with van der Waals surface area (Å²) in [6.45, 7) is 2.90. The van der Waals surface area contributed by atoms with Gasteiger partial charge in [-0.2, -0.15) is 0 Å². The first-order chi connectivity index (χ1) is 6.33. The summed E-state index contributed by atoms with van der Waals surface area (Å²) in [7, 11) is 1.72. The predicted molar refractivity (Wildman–Crippen MR) is 51.5 cm³/mol. The molecule has 0 N–H and O–H groups in total. The summed E-state index contributed by atoms with van der Waals surface area (Å²) >= 11 is 0. The minimum absolute atomic E-state index is 0.833. The molecule has 0 radical (unpaired) electrons. The first-order valence-corrected chi connectivity index (χ1v) is 4.62. The molecule has 0 saturated heterocycles. The van der Waals surface area contributed by atoms with Crippen molar-refractivity contribution in [2.75, 3.05) is 13.7 Å². The molecule has 2 heteroatoms. The Morgan fingerprint density at radius 1 is 1.38 bits per heavy atom. The smallest absolute Gasteiger partial charge is 0.128 e. The van der Waals surface area contributed by atoms with E-state index < -0.39 is 0 Å². The molecule has 0 saturated carbocycles. The van der Waals surface area contributed by atoms with Crippen molar-refractivity contribution in [3.8, 4) is 11.5 Å². The molecule has 13 heavy (non-hydrogen) atoms. The van der Waals surface area contributed by atoms with Crippen molar-refractivity contribution in [2.24, 2.45) is 0 Å². The average Bonchev–Trinajstić information content (AvgIpc) is 2.18. The zero-order valence-electron chi connectivity index (χ0n) is 8.09. The van der Waals surface area contributed by atoms with Crippen LogP contribution in [-0.4, -0.2) is 13.7 Å². The van der Waals surface area contributed by atoms with Gasteiger partial charge in [-0.15, -0.1) is 0 Å². The molecule has 1 aromatic rings. The summed E-state index contributed by atoms with van der Waals surface area (Å²) in [5, 5.41) is 0. The molecular weight excluding hydrogens is 164 g/mol. The van der Waals surface area contributed by atoms with Crippen LogP contribution in [0.25, 0.3) is 0 Å². The molecule has 1 heterocycles. The van der Waals surface area contributed by atoms with Crippen molar-refractivity contribution >= 4 is 0 Å². The SMILES string of the molecule is COc1c(C)ccc2c1CCCO2. The van der Waals surface area contributed by atoms with Crippen molar-refractivity contribution in [1.29, 1.82) is 0 Å². The second kappa shape index (κ2) is 3.29. The number of ether oxygens (including phenoxy) is 2. The Hall–Kier alpha value is -1.18. The molecule has 0 fully saturated rings. The molecule has 2 rings (SSSR count). The van der Waals surface area contributed by atoms with Crippen LogP contribution >= 0.6 is 0 Å². The van der Waals surface area contributed by atoms with E-state index >= 15 is 0 Å². The molecule has 0 amide bonds. The molecule has 1 aromatic carbocycles. The van der Waals surface area contributed by atoms with Gasteiger partial charge in [0.15, 0.2) is 0 Å². The lowest BCUT2D eigenvalue weighted by Gasteiger charge is -2.20. The highest BCUT2D eigenvalue weighted by Crippen LogP contribution is 2.35. The summed E-state index contributed by atoms with van der Waals surface area (Å²) in [5.41, 5.74) is 2.42. The van der Waals surface area contributed by atoms with Gasteiger partial charge in [0.1, 0.15) is 11.5 Å². The Kier molecular flexibility index (Phi) is 2.13. The fourth-order valence-corrected chi connectivity index (χ4v) is 1.81. The lowest BCUT2D eigenvalue weighted by Crippen LogP contribution is -2.10. The van der Waals surface area contributed by atoms with Crippen molar-refractivity contribution in [3.63, 3.8) is 0 Å². The van der Waals surface area contributed by atoms with Crippen LogP contribution in [0.15, 0.2) is 12.1 Å². The third-order valence-electron chi connectivity index (χ3n) is 2.45. The molecule has 70 valence electrons. The number of methoxy groups -OCH3 is 1. The van der Waals surface area contributed by atoms with Crippen LogP contribution in [0.5, 0.6) is 11.5 Å². The predicted octanol–water partition coefficient (Wildman–Crippen LogP) is 2.33. The summed E-state index contributed by atoms with van der Waals surface area (Å²) in [4.78, 5) is 0. The van der Waals surface area contributed by atoms with Crippen molar-refractivity contribution in [3.05, 3.63) is 23.3 Å². The van der Waals surface area contributed by atoms with Gasteiger partial charge in [-0.3, -0.25) is 0 Å². The topological polar surface area (TPSA) is 18.5 Å². The number of rotatable bonds is 1. The average molecular weight is 178 g/mol. The molecule has 0 atom stereocenters. The maximum Gasteiger partial charge on any atom is 0.128 e. The first kappa shape index (κ1) is 8.42. The van der Waals surface area contributed by atoms with Crippen LogP contribution in [-0.2, 0) is 6.42 Å². The summed E-state index contributed by atoms with van der Waals surface area (Å²) in [6, 6.07) is 4.08. The summed E-state index contributed by atoms with van der Waals surface area (Å²) in [5.74, 6) is 1.99. The second-order valence-corrected chi connectivity index (χ2v) is 3.34. The Labute approximate surface area is 78.5 Å². The second-order valence-electron chi connectivity index (χ2n) is 3.34. The van der Waals surface area contributed by atoms with Crippen LogP contribution in [0.4, 0.5) is 0 Å². The van der Waals surface area contributed by atoms with E-state index in [4.69, 9.17) is 9.47 Å². The van der Waals surface area contributed by atoms with Crippen molar-refractivity contribution in [2.45, 2.75) is 19.8 Å². The molecule has 0 aliphatic carbocycles. The van der Waals surface area contributed by atoms with Gasteiger partial charge in [0.05, 0.1) is 13.7 Å². The monoisotopic (exact) mass is 178 g/mol. The first-order valence-electron chi connectivity index (χ1n) is 4.62. The Balaban J connectivity index is 2.52. The lowest BCUT2D eigenvalue weighted by atomic mass is 10.0. The van der Waals surface area contributed by atoms with E-state index in [1.54, 1.807) is 7.11 Å². The fraction of sp³-hybridized carbons (Fsp3) is 0.455. The molecule has 2 nitrogen and oxygen atoms in total. The quantitative estimate of drug-likeness (QED) is 0.657. The molecule has 0 aromatic heterocycles. The third kappa shape index (κ3) is 1.37. The van der Waals surface area contributed by atoms with E-state index in [1.807, 2.05) is 12.1 Å². The normalized spacial score (nSPS) is 14.6. The maximum absolute atomic E-state index is 5.54. The van der Waals surface area contributed by atoms with Crippen LogP contribution < -0.4 is 9.47 Å². The van der Waals surface area contributed by atoms with Crippen molar-refractivity contribution < 1.29 is 9.47 Å². The van der Waals surface area contributed by atoms with Crippen LogP contribution in [0.1, 0.15) is 17.5 Å². The zero-order valence-corrected chi connectivity index (χ0v) is 8.09. The molecule has 0 spiro atoms. The van der Waals surface area contributed by atoms with Gasteiger partial charge in [-0.1, -0.05) is 6.07 Å². The molecule has 1 aliphatic rings. The highest BCUT2D eigenvalue weighted by atomic mass is 16.5.